The molecule has 0 unspecified atom stereocenters. The number of rotatable bonds is 3. The predicted octanol–water partition coefficient (Wildman–Crippen LogP) is 3.70. The number of alkyl halides is 4. The van der Waals surface area contributed by atoms with Gasteiger partial charge in [0.2, 0.25) is 6.08 Å². The minimum absolute atomic E-state index is 0.260. The highest BCUT2D eigenvalue weighted by Crippen LogP contribution is 2.33. The minimum atomic E-state index is -3.27. The van der Waals surface area contributed by atoms with Crippen molar-refractivity contribution in [3.8, 4) is 0 Å². The molecule has 0 saturated heterocycles. The lowest BCUT2D eigenvalue weighted by molar-refractivity contribution is 0.0172. The first-order valence-corrected chi connectivity index (χ1v) is 4.24. The Morgan fingerprint density at radius 1 is 1.31 bits per heavy atom. The highest BCUT2D eigenvalue weighted by atomic mass is 19.3. The van der Waals surface area contributed by atoms with Crippen LogP contribution in [0, 0.1) is 0 Å². The van der Waals surface area contributed by atoms with Crippen LogP contribution in [0.5, 0.6) is 0 Å². The molecular formula is C10H7F4NO. The molecule has 0 atom stereocenters. The van der Waals surface area contributed by atoms with Crippen LogP contribution in [0.1, 0.15) is 24.5 Å². The van der Waals surface area contributed by atoms with Gasteiger partial charge in [0.25, 0.3) is 12.3 Å². The molecule has 0 fully saturated rings. The molecule has 2 nitrogen and oxygen atoms in total. The van der Waals surface area contributed by atoms with E-state index in [4.69, 9.17) is 0 Å². The Bertz CT molecular complexity index is 433. The Labute approximate surface area is 88.6 Å². The average molecular weight is 233 g/mol. The first-order chi connectivity index (χ1) is 7.34. The van der Waals surface area contributed by atoms with E-state index >= 15 is 0 Å². The van der Waals surface area contributed by atoms with E-state index in [9.17, 15) is 22.4 Å². The number of benzene rings is 1. The topological polar surface area (TPSA) is 29.4 Å². The summed E-state index contributed by atoms with van der Waals surface area (Å²) in [4.78, 5) is 13.0. The van der Waals surface area contributed by atoms with Gasteiger partial charge in [-0.25, -0.2) is 22.4 Å². The summed E-state index contributed by atoms with van der Waals surface area (Å²) in [6.07, 6.45) is -1.79. The third-order valence-electron chi connectivity index (χ3n) is 1.87. The van der Waals surface area contributed by atoms with Crippen LogP contribution in [-0.4, -0.2) is 6.08 Å². The maximum absolute atomic E-state index is 12.9. The fourth-order valence-corrected chi connectivity index (χ4v) is 1.13. The molecule has 0 aliphatic rings. The quantitative estimate of drug-likeness (QED) is 0.444. The Balaban J connectivity index is 3.35. The van der Waals surface area contributed by atoms with Crippen LogP contribution in [0.15, 0.2) is 23.2 Å². The van der Waals surface area contributed by atoms with E-state index in [1.807, 2.05) is 0 Å². The standard InChI is InChI=1S/C10H7F4NO/c1-10(13,14)7-2-6(9(11)12)3-8(4-7)15-5-16/h2-4,9H,1H3. The van der Waals surface area contributed by atoms with Crippen molar-refractivity contribution in [3.05, 3.63) is 29.3 Å². The van der Waals surface area contributed by atoms with Gasteiger partial charge in [-0.05, 0) is 18.2 Å². The van der Waals surface area contributed by atoms with Gasteiger partial charge in [0.05, 0.1) is 5.69 Å². The Hall–Kier alpha value is -1.68. The SMILES string of the molecule is CC(F)(F)c1cc(N=C=O)cc(C(F)F)c1. The van der Waals surface area contributed by atoms with E-state index in [0.29, 0.717) is 13.0 Å². The molecule has 0 spiro atoms. The molecule has 86 valence electrons. The number of aliphatic imine (C=N–C) groups is 1. The molecule has 0 bridgehead atoms. The summed E-state index contributed by atoms with van der Waals surface area (Å²) in [5.74, 6) is -3.27. The smallest absolute Gasteiger partial charge is 0.211 e. The van der Waals surface area contributed by atoms with Crippen LogP contribution in [0.2, 0.25) is 0 Å². The summed E-state index contributed by atoms with van der Waals surface area (Å²) < 4.78 is 50.6. The zero-order chi connectivity index (χ0) is 12.3. The van der Waals surface area contributed by atoms with Crippen LogP contribution in [-0.2, 0) is 10.7 Å². The van der Waals surface area contributed by atoms with Gasteiger partial charge < -0.3 is 0 Å². The van der Waals surface area contributed by atoms with Crippen molar-refractivity contribution in [1.29, 1.82) is 0 Å². The molecule has 0 radical (unpaired) electrons. The van der Waals surface area contributed by atoms with Gasteiger partial charge >= 0.3 is 0 Å². The largest absolute Gasteiger partial charge is 0.270 e. The molecule has 0 N–H and O–H groups in total. The van der Waals surface area contributed by atoms with Gasteiger partial charge in [0.1, 0.15) is 0 Å². The fraction of sp³-hybridized carbons (Fsp3) is 0.300. The average Bonchev–Trinajstić information content (AvgIpc) is 2.16. The molecule has 1 aromatic rings. The van der Waals surface area contributed by atoms with Gasteiger partial charge in [-0.1, -0.05) is 0 Å². The summed E-state index contributed by atoms with van der Waals surface area (Å²) in [6.45, 7) is 0.575. The van der Waals surface area contributed by atoms with Crippen molar-refractivity contribution < 1.29 is 22.4 Å². The van der Waals surface area contributed by atoms with Gasteiger partial charge in [-0.2, -0.15) is 4.99 Å². The van der Waals surface area contributed by atoms with Crippen molar-refractivity contribution >= 4 is 11.8 Å². The summed E-state index contributed by atoms with van der Waals surface area (Å²) in [7, 11) is 0. The molecule has 0 aliphatic carbocycles. The molecule has 0 saturated carbocycles. The van der Waals surface area contributed by atoms with Crippen molar-refractivity contribution in [2.24, 2.45) is 4.99 Å². The van der Waals surface area contributed by atoms with Gasteiger partial charge in [0.15, 0.2) is 0 Å². The van der Waals surface area contributed by atoms with Crippen LogP contribution in [0.4, 0.5) is 23.2 Å². The van der Waals surface area contributed by atoms with Crippen LogP contribution >= 0.6 is 0 Å². The maximum atomic E-state index is 12.9. The van der Waals surface area contributed by atoms with E-state index in [1.54, 1.807) is 0 Å². The highest BCUT2D eigenvalue weighted by Gasteiger charge is 2.26. The van der Waals surface area contributed by atoms with E-state index in [1.165, 1.54) is 0 Å². The second-order valence-corrected chi connectivity index (χ2v) is 3.21. The number of hydrogen-bond acceptors (Lipinski definition) is 2. The lowest BCUT2D eigenvalue weighted by atomic mass is 10.1. The van der Waals surface area contributed by atoms with Crippen LogP contribution in [0.3, 0.4) is 0 Å². The zero-order valence-corrected chi connectivity index (χ0v) is 8.18. The summed E-state index contributed by atoms with van der Waals surface area (Å²) >= 11 is 0. The summed E-state index contributed by atoms with van der Waals surface area (Å²) in [5, 5.41) is 0. The van der Waals surface area contributed by atoms with Crippen molar-refractivity contribution in [2.75, 3.05) is 0 Å². The van der Waals surface area contributed by atoms with Gasteiger partial charge in [0, 0.05) is 18.1 Å². The lowest BCUT2D eigenvalue weighted by Gasteiger charge is -2.12. The maximum Gasteiger partial charge on any atom is 0.270 e. The first-order valence-electron chi connectivity index (χ1n) is 4.24. The van der Waals surface area contributed by atoms with Gasteiger partial charge in [-0.3, -0.25) is 0 Å². The first kappa shape index (κ1) is 12.4. The molecule has 0 amide bonds. The van der Waals surface area contributed by atoms with Crippen molar-refractivity contribution in [2.45, 2.75) is 19.3 Å². The monoisotopic (exact) mass is 233 g/mol. The summed E-state index contributed by atoms with van der Waals surface area (Å²) in [6, 6.07) is 2.43. The Kier molecular flexibility index (Phi) is 3.44. The number of isocyanates is 1. The molecule has 6 heteroatoms. The van der Waals surface area contributed by atoms with Crippen molar-refractivity contribution in [1.82, 2.24) is 0 Å². The normalized spacial score (nSPS) is 11.4. The fourth-order valence-electron chi connectivity index (χ4n) is 1.13. The highest BCUT2D eigenvalue weighted by molar-refractivity contribution is 5.52. The third kappa shape index (κ3) is 2.90. The Morgan fingerprint density at radius 2 is 1.94 bits per heavy atom. The van der Waals surface area contributed by atoms with Crippen LogP contribution in [0.25, 0.3) is 0 Å². The zero-order valence-electron chi connectivity index (χ0n) is 8.18. The second-order valence-electron chi connectivity index (χ2n) is 3.21. The van der Waals surface area contributed by atoms with E-state index in [2.05, 4.69) is 4.99 Å². The third-order valence-corrected chi connectivity index (χ3v) is 1.87. The molecule has 1 rings (SSSR count). The number of halogens is 4. The molecule has 0 aliphatic heterocycles. The molecule has 16 heavy (non-hydrogen) atoms. The minimum Gasteiger partial charge on any atom is -0.211 e. The van der Waals surface area contributed by atoms with E-state index in [0.717, 1.165) is 18.2 Å². The summed E-state index contributed by atoms with van der Waals surface area (Å²) in [5.41, 5.74) is -1.48. The lowest BCUT2D eigenvalue weighted by Crippen LogP contribution is -2.07. The van der Waals surface area contributed by atoms with Crippen LogP contribution < -0.4 is 0 Å². The number of hydrogen-bond donors (Lipinski definition) is 0. The molecule has 1 aromatic carbocycles. The second kappa shape index (κ2) is 4.45. The Morgan fingerprint density at radius 3 is 2.38 bits per heavy atom. The number of nitrogens with zero attached hydrogens (tertiary/aromatic N) is 1. The number of carbonyl (C=O) groups excluding carboxylic acids is 1. The van der Waals surface area contributed by atoms with Crippen molar-refractivity contribution in [3.63, 3.8) is 0 Å². The molecule has 0 heterocycles. The van der Waals surface area contributed by atoms with E-state index in [-0.39, 0.29) is 5.69 Å². The van der Waals surface area contributed by atoms with E-state index < -0.39 is 23.5 Å². The van der Waals surface area contributed by atoms with Gasteiger partial charge in [-0.15, -0.1) is 0 Å². The molecule has 0 aromatic heterocycles. The molecular weight excluding hydrogens is 226 g/mol. The predicted molar refractivity (Wildman–Crippen MR) is 48.7 cm³/mol.